The Labute approximate surface area is 52.5 Å². The summed E-state index contributed by atoms with van der Waals surface area (Å²) in [5.74, 6) is -0.0440. The number of nitrogens with zero attached hydrogens (tertiary/aromatic N) is 2. The second-order valence-corrected chi connectivity index (χ2v) is 1.59. The Morgan fingerprint density at radius 3 is 2.75 bits per heavy atom. The third-order valence-corrected chi connectivity index (χ3v) is 0.832. The quantitative estimate of drug-likeness (QED) is 0.485. The van der Waals surface area contributed by atoms with Crippen LogP contribution < -0.4 is 0 Å². The molecule has 0 aromatic carbocycles. The predicted octanol–water partition coefficient (Wildman–Crippen LogP) is 1.07. The summed E-state index contributed by atoms with van der Waals surface area (Å²) >= 11 is 5.37. The molecule has 39 valence electrons. The van der Waals surface area contributed by atoms with Crippen LogP contribution in [0, 0.1) is 6.92 Å². The van der Waals surface area contributed by atoms with E-state index in [1.807, 2.05) is 0 Å². The summed E-state index contributed by atoms with van der Waals surface area (Å²) in [6.07, 6.45) is 1.44. The summed E-state index contributed by atoms with van der Waals surface area (Å²) in [6.45, 7) is 6.83. The zero-order chi connectivity index (χ0) is 5.98. The smallest absolute Gasteiger partial charge is 0.139 e. The van der Waals surface area contributed by atoms with Crippen LogP contribution in [0.5, 0.6) is 0 Å². The fourth-order valence-corrected chi connectivity index (χ4v) is 0.473. The summed E-state index contributed by atoms with van der Waals surface area (Å²) in [5, 5.41) is 0.310. The van der Waals surface area contributed by atoms with Gasteiger partial charge in [-0.2, -0.15) is 0 Å². The monoisotopic (exact) mass is 125 g/mol. The first kappa shape index (κ1) is 5.51. The van der Waals surface area contributed by atoms with Gasteiger partial charge in [0.15, 0.2) is 0 Å². The highest BCUT2D eigenvalue weighted by Crippen LogP contribution is 1.99. The fourth-order valence-electron chi connectivity index (χ4n) is 0.337. The maximum Gasteiger partial charge on any atom is 0.139 e. The molecule has 8 heavy (non-hydrogen) atoms. The molecule has 0 aliphatic heterocycles. The molecule has 0 atom stereocenters. The van der Waals surface area contributed by atoms with Crippen molar-refractivity contribution < 1.29 is 0 Å². The molecule has 0 spiro atoms. The molecule has 1 aromatic rings. The van der Waals surface area contributed by atoms with Crippen LogP contribution >= 0.6 is 11.6 Å². The summed E-state index contributed by atoms with van der Waals surface area (Å²) in [7, 11) is 0. The Hall–Kier alpha value is -0.630. The fraction of sp³-hybridized carbons (Fsp3) is 0. The lowest BCUT2D eigenvalue weighted by Crippen LogP contribution is -1.83. The van der Waals surface area contributed by atoms with Gasteiger partial charge in [0, 0.05) is 6.20 Å². The van der Waals surface area contributed by atoms with E-state index in [0.717, 1.165) is 0 Å². The molecule has 3 radical (unpaired) electrons. The lowest BCUT2D eigenvalue weighted by Gasteiger charge is -1.86. The molecule has 0 aliphatic carbocycles. The number of hydrogen-bond acceptors (Lipinski definition) is 2. The lowest BCUT2D eigenvalue weighted by atomic mass is 10.6. The molecule has 0 unspecified atom stereocenters. The predicted molar refractivity (Wildman–Crippen MR) is 29.4 cm³/mol. The zero-order valence-corrected chi connectivity index (χ0v) is 4.68. The minimum atomic E-state index is -0.0440. The van der Waals surface area contributed by atoms with E-state index in [2.05, 4.69) is 9.97 Å². The van der Waals surface area contributed by atoms with Crippen molar-refractivity contribution in [1.82, 2.24) is 9.97 Å². The lowest BCUT2D eigenvalue weighted by molar-refractivity contribution is 1.11. The van der Waals surface area contributed by atoms with Gasteiger partial charge in [0.2, 0.25) is 0 Å². The first-order chi connectivity index (χ1) is 3.79. The third-order valence-electron chi connectivity index (χ3n) is 0.622. The zero-order valence-electron chi connectivity index (χ0n) is 3.93. The minimum Gasteiger partial charge on any atom is -0.241 e. The molecular formula is C5H2ClN2. The van der Waals surface area contributed by atoms with Gasteiger partial charge >= 0.3 is 0 Å². The van der Waals surface area contributed by atoms with E-state index >= 15 is 0 Å². The molecule has 1 rings (SSSR count). The molecule has 3 heteroatoms. The average Bonchev–Trinajstić information content (AvgIpc) is 1.64. The van der Waals surface area contributed by atoms with Crippen molar-refractivity contribution in [2.45, 2.75) is 0 Å². The van der Waals surface area contributed by atoms with Gasteiger partial charge < -0.3 is 0 Å². The van der Waals surface area contributed by atoms with Crippen molar-refractivity contribution in [2.24, 2.45) is 0 Å². The number of halogens is 1. The van der Waals surface area contributed by atoms with Crippen molar-refractivity contribution >= 4 is 11.6 Å². The molecule has 2 nitrogen and oxygen atoms in total. The van der Waals surface area contributed by atoms with Crippen LogP contribution in [0.2, 0.25) is 5.15 Å². The van der Waals surface area contributed by atoms with Crippen LogP contribution in [0.4, 0.5) is 0 Å². The van der Waals surface area contributed by atoms with E-state index in [-0.39, 0.29) is 5.82 Å². The highest BCUT2D eigenvalue weighted by atomic mass is 35.5. The van der Waals surface area contributed by atoms with Crippen LogP contribution in [-0.4, -0.2) is 9.97 Å². The molecule has 0 amide bonds. The van der Waals surface area contributed by atoms with Crippen molar-refractivity contribution in [3.8, 4) is 0 Å². The van der Waals surface area contributed by atoms with Gasteiger partial charge in [-0.15, -0.1) is 0 Å². The Kier molecular flexibility index (Phi) is 1.44. The van der Waals surface area contributed by atoms with Gasteiger partial charge in [0.05, 0.1) is 6.92 Å². The molecule has 0 N–H and O–H groups in total. The Balaban J connectivity index is 3.08. The van der Waals surface area contributed by atoms with Gasteiger partial charge in [-0.1, -0.05) is 11.6 Å². The Morgan fingerprint density at radius 2 is 2.38 bits per heavy atom. The minimum absolute atomic E-state index is 0.0440. The molecular weight excluding hydrogens is 124 g/mol. The molecule has 1 aromatic heterocycles. The maximum atomic E-state index is 6.83. The summed E-state index contributed by atoms with van der Waals surface area (Å²) in [4.78, 5) is 7.01. The van der Waals surface area contributed by atoms with Crippen LogP contribution in [0.1, 0.15) is 5.82 Å². The van der Waals surface area contributed by atoms with Crippen LogP contribution in [-0.2, 0) is 0 Å². The van der Waals surface area contributed by atoms with E-state index in [1.54, 1.807) is 0 Å². The first-order valence-electron chi connectivity index (χ1n) is 1.99. The van der Waals surface area contributed by atoms with E-state index in [9.17, 15) is 0 Å². The highest BCUT2D eigenvalue weighted by molar-refractivity contribution is 6.29. The van der Waals surface area contributed by atoms with E-state index in [0.29, 0.717) is 5.15 Å². The maximum absolute atomic E-state index is 6.83. The third kappa shape index (κ3) is 1.17. The molecule has 0 saturated carbocycles. The van der Waals surface area contributed by atoms with Crippen LogP contribution in [0.3, 0.4) is 0 Å². The Morgan fingerprint density at radius 1 is 1.62 bits per heavy atom. The molecule has 0 aliphatic rings. The van der Waals surface area contributed by atoms with E-state index in [4.69, 9.17) is 18.5 Å². The average molecular weight is 126 g/mol. The SMILES string of the molecule is [C]c1nccc(Cl)n1. The van der Waals surface area contributed by atoms with E-state index < -0.39 is 0 Å². The summed E-state index contributed by atoms with van der Waals surface area (Å²) in [6, 6.07) is 1.53. The normalized spacial score (nSPS) is 9.25. The van der Waals surface area contributed by atoms with Crippen molar-refractivity contribution in [1.29, 1.82) is 0 Å². The van der Waals surface area contributed by atoms with Gasteiger partial charge in [0.25, 0.3) is 0 Å². The summed E-state index contributed by atoms with van der Waals surface area (Å²) < 4.78 is 0. The van der Waals surface area contributed by atoms with Gasteiger partial charge in [-0.3, -0.25) is 0 Å². The number of aromatic nitrogens is 2. The number of rotatable bonds is 0. The summed E-state index contributed by atoms with van der Waals surface area (Å²) in [5.41, 5.74) is 0. The largest absolute Gasteiger partial charge is 0.241 e. The van der Waals surface area contributed by atoms with Crippen LogP contribution in [0.25, 0.3) is 0 Å². The van der Waals surface area contributed by atoms with Gasteiger partial charge in [-0.25, -0.2) is 9.97 Å². The van der Waals surface area contributed by atoms with Gasteiger partial charge in [0.1, 0.15) is 11.0 Å². The van der Waals surface area contributed by atoms with Crippen LogP contribution in [0.15, 0.2) is 12.3 Å². The Bertz CT molecular complexity index is 170. The topological polar surface area (TPSA) is 25.8 Å². The second kappa shape index (κ2) is 2.09. The van der Waals surface area contributed by atoms with E-state index in [1.165, 1.54) is 12.3 Å². The number of hydrogen-bond donors (Lipinski definition) is 0. The highest BCUT2D eigenvalue weighted by Gasteiger charge is 1.86. The second-order valence-electron chi connectivity index (χ2n) is 1.20. The molecule has 0 bridgehead atoms. The van der Waals surface area contributed by atoms with Crippen molar-refractivity contribution in [2.75, 3.05) is 0 Å². The molecule has 0 fully saturated rings. The van der Waals surface area contributed by atoms with Gasteiger partial charge in [-0.05, 0) is 6.07 Å². The van der Waals surface area contributed by atoms with Crippen molar-refractivity contribution in [3.63, 3.8) is 0 Å². The first-order valence-corrected chi connectivity index (χ1v) is 2.37. The standard InChI is InChI=1S/C5H2ClN2/c1-4-7-3-2-5(6)8-4/h2-3H. The van der Waals surface area contributed by atoms with Crippen molar-refractivity contribution in [3.05, 3.63) is 30.2 Å². The molecule has 1 heterocycles. The molecule has 0 saturated heterocycles.